The van der Waals surface area contributed by atoms with E-state index >= 15 is 0 Å². The molecule has 0 spiro atoms. The molecule has 0 radical (unpaired) electrons. The number of anilines is 1. The van der Waals surface area contributed by atoms with Crippen molar-refractivity contribution >= 4 is 16.5 Å². The number of rotatable bonds is 2. The highest BCUT2D eigenvalue weighted by atomic mass is 32.1. The van der Waals surface area contributed by atoms with Crippen LogP contribution < -0.4 is 5.73 Å². The van der Waals surface area contributed by atoms with E-state index in [1.54, 1.807) is 0 Å². The Hall–Kier alpha value is -2.14. The summed E-state index contributed by atoms with van der Waals surface area (Å²) in [7, 11) is 0. The largest absolute Gasteiger partial charge is 0.375 e. The molecule has 2 heterocycles. The van der Waals surface area contributed by atoms with Crippen LogP contribution >= 0.6 is 11.3 Å². The van der Waals surface area contributed by atoms with E-state index in [-0.39, 0.29) is 0 Å². The molecule has 0 bridgehead atoms. The van der Waals surface area contributed by atoms with E-state index < -0.39 is 0 Å². The first-order valence-corrected chi connectivity index (χ1v) is 6.86. The van der Waals surface area contributed by atoms with Crippen molar-refractivity contribution in [1.29, 1.82) is 0 Å². The molecule has 0 saturated carbocycles. The Morgan fingerprint density at radius 1 is 1.26 bits per heavy atom. The van der Waals surface area contributed by atoms with Crippen molar-refractivity contribution in [1.82, 2.24) is 14.8 Å². The fourth-order valence-electron chi connectivity index (χ4n) is 2.09. The Morgan fingerprint density at radius 3 is 2.79 bits per heavy atom. The van der Waals surface area contributed by atoms with Crippen molar-refractivity contribution < 1.29 is 0 Å². The van der Waals surface area contributed by atoms with Crippen LogP contribution in [0.2, 0.25) is 0 Å². The van der Waals surface area contributed by atoms with Gasteiger partial charge in [-0.25, -0.2) is 9.67 Å². The fraction of sp³-hybridized carbons (Fsp3) is 0.143. The third kappa shape index (κ3) is 2.13. The van der Waals surface area contributed by atoms with Gasteiger partial charge < -0.3 is 5.73 Å². The molecule has 0 fully saturated rings. The lowest BCUT2D eigenvalue weighted by molar-refractivity contribution is 0.846. The number of aryl methyl sites for hydroxylation is 1. The summed E-state index contributed by atoms with van der Waals surface area (Å²) in [5.41, 5.74) is 10.9. The van der Waals surface area contributed by atoms with Gasteiger partial charge in [0, 0.05) is 10.9 Å². The van der Waals surface area contributed by atoms with Gasteiger partial charge in [0.05, 0.1) is 23.3 Å². The van der Waals surface area contributed by atoms with Crippen LogP contribution in [-0.4, -0.2) is 14.8 Å². The van der Waals surface area contributed by atoms with Gasteiger partial charge in [0.1, 0.15) is 0 Å². The molecule has 1 aromatic carbocycles. The Morgan fingerprint density at radius 2 is 2.11 bits per heavy atom. The highest BCUT2D eigenvalue weighted by Gasteiger charge is 2.12. The zero-order valence-corrected chi connectivity index (χ0v) is 11.6. The summed E-state index contributed by atoms with van der Waals surface area (Å²) in [5.74, 6) is 0. The van der Waals surface area contributed by atoms with Crippen LogP contribution in [0.25, 0.3) is 16.9 Å². The minimum atomic E-state index is 0.581. The average Bonchev–Trinajstić information content (AvgIpc) is 2.95. The van der Waals surface area contributed by atoms with Crippen molar-refractivity contribution in [3.8, 4) is 16.9 Å². The van der Waals surface area contributed by atoms with E-state index in [0.29, 0.717) is 5.13 Å². The molecule has 4 nitrogen and oxygen atoms in total. The van der Waals surface area contributed by atoms with E-state index in [0.717, 1.165) is 22.6 Å². The van der Waals surface area contributed by atoms with Crippen molar-refractivity contribution in [3.63, 3.8) is 0 Å². The molecule has 5 heteroatoms. The van der Waals surface area contributed by atoms with Gasteiger partial charge in [-0.1, -0.05) is 12.1 Å². The Kier molecular flexibility index (Phi) is 2.83. The highest BCUT2D eigenvalue weighted by Crippen LogP contribution is 2.27. The number of nitrogens with two attached hydrogens (primary N) is 1. The SMILES string of the molecule is Cc1cccc(-n2ncc(-c3csc(N)n3)c2C)c1. The predicted octanol–water partition coefficient (Wildman–Crippen LogP) is 3.19. The molecule has 2 aromatic heterocycles. The van der Waals surface area contributed by atoms with Gasteiger partial charge in [-0.2, -0.15) is 5.10 Å². The first kappa shape index (κ1) is 11.9. The number of nitrogens with zero attached hydrogens (tertiary/aromatic N) is 3. The van der Waals surface area contributed by atoms with Gasteiger partial charge in [0.15, 0.2) is 5.13 Å². The first-order valence-electron chi connectivity index (χ1n) is 5.98. The maximum atomic E-state index is 5.68. The number of aromatic nitrogens is 3. The number of benzene rings is 1. The zero-order chi connectivity index (χ0) is 13.4. The molecule has 96 valence electrons. The summed E-state index contributed by atoms with van der Waals surface area (Å²) in [5, 5.41) is 6.99. The second-order valence-electron chi connectivity index (χ2n) is 4.47. The summed E-state index contributed by atoms with van der Waals surface area (Å²) in [6.07, 6.45) is 1.84. The number of hydrogen-bond donors (Lipinski definition) is 1. The molecule has 0 aliphatic heterocycles. The van der Waals surface area contributed by atoms with Crippen LogP contribution in [0.5, 0.6) is 0 Å². The predicted molar refractivity (Wildman–Crippen MR) is 78.6 cm³/mol. The van der Waals surface area contributed by atoms with Crippen LogP contribution in [-0.2, 0) is 0 Å². The molecule has 0 amide bonds. The molecule has 0 aliphatic carbocycles. The molecule has 19 heavy (non-hydrogen) atoms. The first-order chi connectivity index (χ1) is 9.15. The second kappa shape index (κ2) is 4.51. The third-order valence-electron chi connectivity index (χ3n) is 3.05. The zero-order valence-electron chi connectivity index (χ0n) is 10.8. The quantitative estimate of drug-likeness (QED) is 0.778. The topological polar surface area (TPSA) is 56.7 Å². The van der Waals surface area contributed by atoms with E-state index in [4.69, 9.17) is 5.73 Å². The van der Waals surface area contributed by atoms with Crippen molar-refractivity contribution in [2.24, 2.45) is 0 Å². The summed E-state index contributed by atoms with van der Waals surface area (Å²) in [6, 6.07) is 8.27. The molecule has 0 saturated heterocycles. The monoisotopic (exact) mass is 270 g/mol. The normalized spacial score (nSPS) is 10.8. The van der Waals surface area contributed by atoms with E-state index in [1.165, 1.54) is 16.9 Å². The van der Waals surface area contributed by atoms with E-state index in [9.17, 15) is 0 Å². The summed E-state index contributed by atoms with van der Waals surface area (Å²) in [4.78, 5) is 4.31. The van der Waals surface area contributed by atoms with Gasteiger partial charge >= 0.3 is 0 Å². The van der Waals surface area contributed by atoms with Gasteiger partial charge in [-0.05, 0) is 31.5 Å². The van der Waals surface area contributed by atoms with E-state index in [2.05, 4.69) is 29.1 Å². The molecule has 0 atom stereocenters. The molecule has 2 N–H and O–H groups in total. The lowest BCUT2D eigenvalue weighted by Gasteiger charge is -2.05. The Labute approximate surface area is 115 Å². The smallest absolute Gasteiger partial charge is 0.180 e. The summed E-state index contributed by atoms with van der Waals surface area (Å²) >= 11 is 1.45. The maximum Gasteiger partial charge on any atom is 0.180 e. The van der Waals surface area contributed by atoms with Crippen molar-refractivity contribution in [3.05, 3.63) is 47.1 Å². The number of nitrogen functional groups attached to an aromatic ring is 1. The molecule has 0 aliphatic rings. The maximum absolute atomic E-state index is 5.68. The van der Waals surface area contributed by atoms with Crippen LogP contribution in [0, 0.1) is 13.8 Å². The van der Waals surface area contributed by atoms with Gasteiger partial charge in [-0.15, -0.1) is 11.3 Å². The van der Waals surface area contributed by atoms with Crippen LogP contribution in [0.15, 0.2) is 35.8 Å². The summed E-state index contributed by atoms with van der Waals surface area (Å²) < 4.78 is 1.93. The summed E-state index contributed by atoms with van der Waals surface area (Å²) in [6.45, 7) is 4.12. The highest BCUT2D eigenvalue weighted by molar-refractivity contribution is 7.13. The van der Waals surface area contributed by atoms with Crippen molar-refractivity contribution in [2.45, 2.75) is 13.8 Å². The van der Waals surface area contributed by atoms with Gasteiger partial charge in [0.25, 0.3) is 0 Å². The van der Waals surface area contributed by atoms with Crippen LogP contribution in [0.4, 0.5) is 5.13 Å². The van der Waals surface area contributed by atoms with Gasteiger partial charge in [0.2, 0.25) is 0 Å². The Bertz CT molecular complexity index is 727. The molecule has 0 unspecified atom stereocenters. The minimum Gasteiger partial charge on any atom is -0.375 e. The van der Waals surface area contributed by atoms with Crippen molar-refractivity contribution in [2.75, 3.05) is 5.73 Å². The third-order valence-corrected chi connectivity index (χ3v) is 3.73. The molecular formula is C14H14N4S. The number of hydrogen-bond acceptors (Lipinski definition) is 4. The standard InChI is InChI=1S/C14H14N4S/c1-9-4-3-5-11(6-9)18-10(2)12(7-16-18)13-8-19-14(15)17-13/h3-8H,1-2H3,(H2,15,17). The molecule has 3 rings (SSSR count). The molecular weight excluding hydrogens is 256 g/mol. The molecule has 3 aromatic rings. The number of thiazole rings is 1. The second-order valence-corrected chi connectivity index (χ2v) is 5.36. The Balaban J connectivity index is 2.08. The lowest BCUT2D eigenvalue weighted by atomic mass is 10.2. The average molecular weight is 270 g/mol. The van der Waals surface area contributed by atoms with Crippen LogP contribution in [0.1, 0.15) is 11.3 Å². The van der Waals surface area contributed by atoms with E-state index in [1.807, 2.05) is 35.3 Å². The minimum absolute atomic E-state index is 0.581. The van der Waals surface area contributed by atoms with Gasteiger partial charge in [-0.3, -0.25) is 0 Å². The lowest BCUT2D eigenvalue weighted by Crippen LogP contribution is -1.99. The fourth-order valence-corrected chi connectivity index (χ4v) is 2.66. The van der Waals surface area contributed by atoms with Crippen LogP contribution in [0.3, 0.4) is 0 Å².